The normalized spacial score (nSPS) is 10.6. The quantitative estimate of drug-likeness (QED) is 0.790. The van der Waals surface area contributed by atoms with E-state index in [1.54, 1.807) is 12.1 Å². The van der Waals surface area contributed by atoms with Gasteiger partial charge in [-0.15, -0.1) is 10.2 Å². The number of hydrogen-bond donors (Lipinski definition) is 1. The van der Waals surface area contributed by atoms with Crippen molar-refractivity contribution in [1.82, 2.24) is 20.2 Å². The fourth-order valence-corrected chi connectivity index (χ4v) is 2.42. The van der Waals surface area contributed by atoms with E-state index in [0.29, 0.717) is 16.5 Å². The van der Waals surface area contributed by atoms with Crippen LogP contribution in [0.25, 0.3) is 11.4 Å². The molecule has 0 saturated carbocycles. The summed E-state index contributed by atoms with van der Waals surface area (Å²) >= 11 is 6.05. The lowest BCUT2D eigenvalue weighted by Crippen LogP contribution is -2.20. The number of carbonyl (C=O) groups excluding carboxylic acids is 1. The zero-order valence-corrected chi connectivity index (χ0v) is 14.1. The first-order valence-corrected chi connectivity index (χ1v) is 7.80. The number of amides is 1. The lowest BCUT2D eigenvalue weighted by molar-refractivity contribution is -0.117. The highest BCUT2D eigenvalue weighted by Crippen LogP contribution is 2.20. The fourth-order valence-electron chi connectivity index (χ4n) is 2.24. The zero-order chi connectivity index (χ0) is 17.1. The first-order chi connectivity index (χ1) is 11.5. The first-order valence-electron chi connectivity index (χ1n) is 7.43. The van der Waals surface area contributed by atoms with Gasteiger partial charge in [-0.25, -0.2) is 0 Å². The minimum atomic E-state index is -0.247. The average Bonchev–Trinajstić information content (AvgIpc) is 2.99. The van der Waals surface area contributed by atoms with Crippen LogP contribution in [0.1, 0.15) is 11.1 Å². The molecule has 1 amide bonds. The summed E-state index contributed by atoms with van der Waals surface area (Å²) in [5, 5.41) is 15.6. The molecule has 0 saturated heterocycles. The Hall–Kier alpha value is -2.73. The number of rotatable bonds is 4. The number of halogens is 1. The smallest absolute Gasteiger partial charge is 0.248 e. The van der Waals surface area contributed by atoms with Crippen LogP contribution in [-0.4, -0.2) is 26.1 Å². The number of aromatic nitrogens is 4. The highest BCUT2D eigenvalue weighted by molar-refractivity contribution is 6.31. The second-order valence-corrected chi connectivity index (χ2v) is 5.88. The van der Waals surface area contributed by atoms with E-state index in [0.717, 1.165) is 16.7 Å². The zero-order valence-electron chi connectivity index (χ0n) is 13.3. The number of tetrazole rings is 1. The standard InChI is InChI=1S/C17H16ClN5O/c1-11-5-3-4-6-14(11)17-20-22-23(21-17)10-16(24)19-13-8-7-12(2)15(18)9-13/h3-9H,10H2,1-2H3,(H,19,24). The summed E-state index contributed by atoms with van der Waals surface area (Å²) in [4.78, 5) is 13.4. The van der Waals surface area contributed by atoms with Gasteiger partial charge >= 0.3 is 0 Å². The summed E-state index contributed by atoms with van der Waals surface area (Å²) in [7, 11) is 0. The topological polar surface area (TPSA) is 72.7 Å². The average molecular weight is 342 g/mol. The Morgan fingerprint density at radius 2 is 1.96 bits per heavy atom. The Balaban J connectivity index is 1.69. The Labute approximate surface area is 144 Å². The number of benzene rings is 2. The van der Waals surface area contributed by atoms with Gasteiger partial charge in [0.2, 0.25) is 11.7 Å². The number of carbonyl (C=O) groups is 1. The Morgan fingerprint density at radius 3 is 2.71 bits per heavy atom. The third-order valence-corrected chi connectivity index (χ3v) is 3.99. The third-order valence-electron chi connectivity index (χ3n) is 3.58. The molecule has 0 bridgehead atoms. The molecule has 0 aliphatic carbocycles. The van der Waals surface area contributed by atoms with E-state index in [9.17, 15) is 4.79 Å². The predicted octanol–water partition coefficient (Wildman–Crippen LogP) is 3.25. The van der Waals surface area contributed by atoms with Gasteiger partial charge in [-0.2, -0.15) is 4.80 Å². The van der Waals surface area contributed by atoms with Crippen LogP contribution in [0.2, 0.25) is 5.02 Å². The van der Waals surface area contributed by atoms with Crippen LogP contribution in [0.5, 0.6) is 0 Å². The van der Waals surface area contributed by atoms with E-state index in [2.05, 4.69) is 20.7 Å². The van der Waals surface area contributed by atoms with Crippen molar-refractivity contribution in [3.8, 4) is 11.4 Å². The number of nitrogens with zero attached hydrogens (tertiary/aromatic N) is 4. The van der Waals surface area contributed by atoms with Gasteiger partial charge in [-0.1, -0.05) is 41.9 Å². The molecule has 0 radical (unpaired) electrons. The van der Waals surface area contributed by atoms with Gasteiger partial charge < -0.3 is 5.32 Å². The maximum absolute atomic E-state index is 12.1. The SMILES string of the molecule is Cc1ccc(NC(=O)Cn2nnc(-c3ccccc3C)n2)cc1Cl. The molecule has 0 unspecified atom stereocenters. The van der Waals surface area contributed by atoms with E-state index in [-0.39, 0.29) is 12.5 Å². The van der Waals surface area contributed by atoms with Crippen molar-refractivity contribution in [3.05, 3.63) is 58.6 Å². The van der Waals surface area contributed by atoms with Crippen molar-refractivity contribution >= 4 is 23.2 Å². The lowest BCUT2D eigenvalue weighted by atomic mass is 10.1. The molecule has 0 aliphatic heterocycles. The Bertz CT molecular complexity index is 890. The molecule has 1 aromatic heterocycles. The molecule has 2 aromatic carbocycles. The highest BCUT2D eigenvalue weighted by atomic mass is 35.5. The second kappa shape index (κ2) is 6.80. The van der Waals surface area contributed by atoms with Crippen LogP contribution in [-0.2, 0) is 11.3 Å². The maximum atomic E-state index is 12.1. The minimum Gasteiger partial charge on any atom is -0.324 e. The van der Waals surface area contributed by atoms with Crippen molar-refractivity contribution in [2.45, 2.75) is 20.4 Å². The molecule has 0 fully saturated rings. The van der Waals surface area contributed by atoms with Crippen LogP contribution in [0.15, 0.2) is 42.5 Å². The summed E-state index contributed by atoms with van der Waals surface area (Å²) in [5.74, 6) is 0.253. The van der Waals surface area contributed by atoms with Gasteiger partial charge in [-0.05, 0) is 42.3 Å². The number of nitrogens with one attached hydrogen (secondary N) is 1. The third kappa shape index (κ3) is 3.60. The molecule has 1 heterocycles. The lowest BCUT2D eigenvalue weighted by Gasteiger charge is -2.06. The van der Waals surface area contributed by atoms with E-state index in [4.69, 9.17) is 11.6 Å². The Kier molecular flexibility index (Phi) is 4.57. The molecule has 7 heteroatoms. The second-order valence-electron chi connectivity index (χ2n) is 5.47. The van der Waals surface area contributed by atoms with Crippen molar-refractivity contribution in [2.75, 3.05) is 5.32 Å². The molecule has 0 spiro atoms. The van der Waals surface area contributed by atoms with Gasteiger partial charge in [-0.3, -0.25) is 4.79 Å². The number of hydrogen-bond acceptors (Lipinski definition) is 4. The largest absolute Gasteiger partial charge is 0.324 e. The van der Waals surface area contributed by atoms with Gasteiger partial charge in [0.05, 0.1) is 0 Å². The minimum absolute atomic E-state index is 0.0234. The molecule has 0 aliphatic rings. The van der Waals surface area contributed by atoms with Gasteiger partial charge in [0.25, 0.3) is 0 Å². The molecule has 1 N–H and O–H groups in total. The molecule has 122 valence electrons. The molecule has 6 nitrogen and oxygen atoms in total. The van der Waals surface area contributed by atoms with E-state index >= 15 is 0 Å². The van der Waals surface area contributed by atoms with Gasteiger partial charge in [0.1, 0.15) is 6.54 Å². The predicted molar refractivity (Wildman–Crippen MR) is 92.8 cm³/mol. The number of anilines is 1. The molecular formula is C17H16ClN5O. The fraction of sp³-hybridized carbons (Fsp3) is 0.176. The maximum Gasteiger partial charge on any atom is 0.248 e. The van der Waals surface area contributed by atoms with Crippen molar-refractivity contribution in [3.63, 3.8) is 0 Å². The monoisotopic (exact) mass is 341 g/mol. The van der Waals surface area contributed by atoms with Crippen LogP contribution in [0, 0.1) is 13.8 Å². The van der Waals surface area contributed by atoms with Crippen LogP contribution < -0.4 is 5.32 Å². The van der Waals surface area contributed by atoms with Crippen molar-refractivity contribution < 1.29 is 4.79 Å². The van der Waals surface area contributed by atoms with Crippen molar-refractivity contribution in [1.29, 1.82) is 0 Å². The molecular weight excluding hydrogens is 326 g/mol. The van der Waals surface area contributed by atoms with Gasteiger partial charge in [0.15, 0.2) is 0 Å². The summed E-state index contributed by atoms with van der Waals surface area (Å²) in [6.07, 6.45) is 0. The Morgan fingerprint density at radius 1 is 1.17 bits per heavy atom. The molecule has 3 rings (SSSR count). The first kappa shape index (κ1) is 16.1. The van der Waals surface area contributed by atoms with Gasteiger partial charge in [0, 0.05) is 16.3 Å². The number of aryl methyl sites for hydroxylation is 2. The summed E-state index contributed by atoms with van der Waals surface area (Å²) < 4.78 is 0. The van der Waals surface area contributed by atoms with Crippen LogP contribution in [0.3, 0.4) is 0 Å². The molecule has 0 atom stereocenters. The van der Waals surface area contributed by atoms with E-state index < -0.39 is 0 Å². The molecule has 3 aromatic rings. The van der Waals surface area contributed by atoms with Crippen molar-refractivity contribution in [2.24, 2.45) is 0 Å². The summed E-state index contributed by atoms with van der Waals surface area (Å²) in [6, 6.07) is 13.1. The summed E-state index contributed by atoms with van der Waals surface area (Å²) in [6.45, 7) is 3.86. The van der Waals surface area contributed by atoms with E-state index in [1.807, 2.05) is 44.2 Å². The van der Waals surface area contributed by atoms with Crippen LogP contribution in [0.4, 0.5) is 5.69 Å². The molecule has 24 heavy (non-hydrogen) atoms. The highest BCUT2D eigenvalue weighted by Gasteiger charge is 2.11. The van der Waals surface area contributed by atoms with E-state index in [1.165, 1.54) is 4.80 Å². The summed E-state index contributed by atoms with van der Waals surface area (Å²) in [5.41, 5.74) is 3.54. The van der Waals surface area contributed by atoms with Crippen LogP contribution >= 0.6 is 11.6 Å².